The third-order valence-electron chi connectivity index (χ3n) is 4.98. The van der Waals surface area contributed by atoms with Gasteiger partial charge in [-0.3, -0.25) is 13.8 Å². The molecule has 1 unspecified atom stereocenters. The van der Waals surface area contributed by atoms with Crippen LogP contribution in [-0.2, 0) is 4.99 Å². The van der Waals surface area contributed by atoms with Gasteiger partial charge in [-0.1, -0.05) is 45.8 Å². The van der Waals surface area contributed by atoms with Crippen LogP contribution in [0.4, 0.5) is 20.3 Å². The van der Waals surface area contributed by atoms with Gasteiger partial charge in [-0.25, -0.2) is 14.4 Å². The average molecular weight is 503 g/mol. The van der Waals surface area contributed by atoms with Crippen LogP contribution >= 0.6 is 10.8 Å². The highest BCUT2D eigenvalue weighted by Crippen LogP contribution is 2.53. The van der Waals surface area contributed by atoms with Gasteiger partial charge in [0.2, 0.25) is 5.95 Å². The first kappa shape index (κ1) is 24.7. The quantitative estimate of drug-likeness (QED) is 0.209. The molecule has 1 aromatic heterocycles. The van der Waals surface area contributed by atoms with Crippen molar-refractivity contribution in [1.82, 2.24) is 4.98 Å². The lowest BCUT2D eigenvalue weighted by atomic mass is 10.0. The predicted molar refractivity (Wildman–Crippen MR) is 130 cm³/mol. The van der Waals surface area contributed by atoms with Crippen molar-refractivity contribution in [3.8, 4) is 17.6 Å². The van der Waals surface area contributed by atoms with Gasteiger partial charge >= 0.3 is 0 Å². The van der Waals surface area contributed by atoms with E-state index >= 15 is 4.39 Å². The maximum atomic E-state index is 15.0. The smallest absolute Gasteiger partial charge is 0.214 e. The number of aromatic nitrogens is 1. The van der Waals surface area contributed by atoms with Crippen molar-refractivity contribution in [1.29, 1.82) is 0 Å². The van der Waals surface area contributed by atoms with Crippen LogP contribution in [0.5, 0.6) is 5.75 Å². The fourth-order valence-corrected chi connectivity index (χ4v) is 4.40. The second-order valence-electron chi connectivity index (χ2n) is 8.50. The lowest BCUT2D eigenvalue weighted by Gasteiger charge is -2.33. The zero-order chi connectivity index (χ0) is 25.4. The summed E-state index contributed by atoms with van der Waals surface area (Å²) in [6.45, 7) is 5.44. The SMILES string of the molecule is CC(c1cccc(C#CC(C)(C)N)c1)N1OOc2cc(S(O)(O)Nc3cccc(F)n3)c(F)cc21. The summed E-state index contributed by atoms with van der Waals surface area (Å²) in [4.78, 5) is 13.6. The van der Waals surface area contributed by atoms with E-state index in [4.69, 9.17) is 15.6 Å². The fraction of sp³-hybridized carbons (Fsp3) is 0.208. The number of benzene rings is 2. The van der Waals surface area contributed by atoms with Crippen LogP contribution in [0.2, 0.25) is 0 Å². The maximum Gasteiger partial charge on any atom is 0.214 e. The number of rotatable bonds is 5. The molecule has 2 heterocycles. The van der Waals surface area contributed by atoms with Gasteiger partial charge < -0.3 is 10.6 Å². The fourth-order valence-electron chi connectivity index (χ4n) is 3.29. The summed E-state index contributed by atoms with van der Waals surface area (Å²) in [5.41, 5.74) is 7.10. The van der Waals surface area contributed by atoms with Crippen molar-refractivity contribution in [2.75, 3.05) is 9.79 Å². The van der Waals surface area contributed by atoms with Gasteiger partial charge in [-0.15, -0.1) is 0 Å². The number of nitrogens with two attached hydrogens (primary N) is 1. The molecular weight excluding hydrogens is 478 g/mol. The topological polar surface area (TPSA) is 113 Å². The molecule has 0 aliphatic carbocycles. The molecule has 1 aliphatic rings. The Labute approximate surface area is 203 Å². The van der Waals surface area contributed by atoms with Crippen LogP contribution in [-0.4, -0.2) is 19.6 Å². The summed E-state index contributed by atoms with van der Waals surface area (Å²) < 4.78 is 51.7. The van der Waals surface area contributed by atoms with Gasteiger partial charge in [-0.2, -0.15) is 4.39 Å². The van der Waals surface area contributed by atoms with Gasteiger partial charge in [-0.05, 0) is 50.6 Å². The van der Waals surface area contributed by atoms with E-state index in [1.165, 1.54) is 17.2 Å². The number of hydroxylamine groups is 1. The molecule has 11 heteroatoms. The predicted octanol–water partition coefficient (Wildman–Crippen LogP) is 5.39. The Balaban J connectivity index is 1.60. The summed E-state index contributed by atoms with van der Waals surface area (Å²) in [6, 6.07) is 12.9. The first-order valence-electron chi connectivity index (χ1n) is 10.5. The van der Waals surface area contributed by atoms with Crippen molar-refractivity contribution in [3.63, 3.8) is 0 Å². The molecule has 5 N–H and O–H groups in total. The molecule has 0 amide bonds. The number of nitrogens with one attached hydrogen (secondary N) is 1. The lowest BCUT2D eigenvalue weighted by Crippen LogP contribution is -2.29. The van der Waals surface area contributed by atoms with Crippen molar-refractivity contribution in [2.24, 2.45) is 5.73 Å². The molecule has 0 radical (unpaired) electrons. The number of halogens is 2. The minimum Gasteiger partial charge on any atom is -0.316 e. The Morgan fingerprint density at radius 2 is 1.89 bits per heavy atom. The largest absolute Gasteiger partial charge is 0.316 e. The van der Waals surface area contributed by atoms with E-state index in [-0.39, 0.29) is 17.3 Å². The highest BCUT2D eigenvalue weighted by Gasteiger charge is 2.33. The second kappa shape index (κ2) is 9.33. The van der Waals surface area contributed by atoms with E-state index in [9.17, 15) is 13.5 Å². The Hall–Kier alpha value is -3.40. The normalized spacial score (nSPS) is 14.5. The van der Waals surface area contributed by atoms with Crippen LogP contribution in [0.3, 0.4) is 0 Å². The van der Waals surface area contributed by atoms with Crippen molar-refractivity contribution in [3.05, 3.63) is 77.5 Å². The van der Waals surface area contributed by atoms with Crippen molar-refractivity contribution >= 4 is 22.3 Å². The monoisotopic (exact) mass is 502 g/mol. The first-order valence-corrected chi connectivity index (χ1v) is 12.1. The van der Waals surface area contributed by atoms with Crippen LogP contribution < -0.4 is 20.4 Å². The number of pyridine rings is 1. The van der Waals surface area contributed by atoms with Gasteiger partial charge in [0.15, 0.2) is 11.6 Å². The number of anilines is 2. The molecule has 0 saturated carbocycles. The number of hydrogen-bond acceptors (Lipinski definition) is 8. The van der Waals surface area contributed by atoms with Crippen molar-refractivity contribution < 1.29 is 27.8 Å². The van der Waals surface area contributed by atoms with Crippen LogP contribution in [0.25, 0.3) is 0 Å². The van der Waals surface area contributed by atoms with E-state index in [0.29, 0.717) is 0 Å². The molecule has 0 saturated heterocycles. The summed E-state index contributed by atoms with van der Waals surface area (Å²) >= 11 is 0. The van der Waals surface area contributed by atoms with Crippen LogP contribution in [0, 0.1) is 23.6 Å². The minimum absolute atomic E-state index is 0.0723. The highest BCUT2D eigenvalue weighted by atomic mass is 32.3. The lowest BCUT2D eigenvalue weighted by molar-refractivity contribution is -0.205. The van der Waals surface area contributed by atoms with E-state index in [0.717, 1.165) is 29.3 Å². The standard InChI is InChI=1S/C24H24F2N4O4S/c1-15(17-7-4-6-16(12-17)10-11-24(2,3)27)30-19-13-18(25)21(14-20(19)33-34-30)35(31,32)29-23-9-5-8-22(26)28-23/h4-9,12-15,31-32H,27H2,1-3H3,(H,28,29). The second-order valence-corrected chi connectivity index (χ2v) is 10.2. The summed E-state index contributed by atoms with van der Waals surface area (Å²) in [7, 11) is -3.93. The maximum absolute atomic E-state index is 15.0. The Kier molecular flexibility index (Phi) is 6.59. The van der Waals surface area contributed by atoms with E-state index < -0.39 is 39.0 Å². The van der Waals surface area contributed by atoms with E-state index in [1.54, 1.807) is 13.8 Å². The van der Waals surface area contributed by atoms with Gasteiger partial charge in [0, 0.05) is 17.7 Å². The summed E-state index contributed by atoms with van der Waals surface area (Å²) in [6.07, 6.45) is 0. The Bertz CT molecular complexity index is 1320. The zero-order valence-corrected chi connectivity index (χ0v) is 19.9. The highest BCUT2D eigenvalue weighted by molar-refractivity contribution is 8.25. The average Bonchev–Trinajstić information content (AvgIpc) is 3.18. The molecule has 4 rings (SSSR count). The van der Waals surface area contributed by atoms with Gasteiger partial charge in [0.1, 0.15) is 16.4 Å². The summed E-state index contributed by atoms with van der Waals surface area (Å²) in [5.74, 6) is 4.15. The number of hydrogen-bond donors (Lipinski definition) is 4. The Morgan fingerprint density at radius 1 is 1.14 bits per heavy atom. The van der Waals surface area contributed by atoms with E-state index in [1.807, 2.05) is 31.2 Å². The van der Waals surface area contributed by atoms with Crippen molar-refractivity contribution in [2.45, 2.75) is 37.2 Å². The summed E-state index contributed by atoms with van der Waals surface area (Å²) in [5, 5.41) is 1.36. The van der Waals surface area contributed by atoms with E-state index in [2.05, 4.69) is 21.5 Å². The van der Waals surface area contributed by atoms with Crippen LogP contribution in [0.15, 0.2) is 59.5 Å². The number of fused-ring (bicyclic) bond motifs is 1. The molecule has 0 spiro atoms. The molecule has 3 aromatic rings. The Morgan fingerprint density at radius 3 is 2.60 bits per heavy atom. The molecule has 35 heavy (non-hydrogen) atoms. The molecule has 2 aromatic carbocycles. The van der Waals surface area contributed by atoms with Gasteiger partial charge in [0.25, 0.3) is 0 Å². The third kappa shape index (κ3) is 5.64. The molecular formula is C24H24F2N4O4S. The third-order valence-corrected chi connectivity index (χ3v) is 6.40. The molecule has 0 fully saturated rings. The molecule has 0 bridgehead atoms. The number of nitrogens with zero attached hydrogens (tertiary/aromatic N) is 2. The molecule has 8 nitrogen and oxygen atoms in total. The molecule has 184 valence electrons. The van der Waals surface area contributed by atoms with Gasteiger partial charge in [0.05, 0.1) is 11.6 Å². The molecule has 1 atom stereocenters. The first-order chi connectivity index (χ1) is 16.4. The molecule has 1 aliphatic heterocycles. The zero-order valence-electron chi connectivity index (χ0n) is 19.1. The van der Waals surface area contributed by atoms with Crippen LogP contribution in [0.1, 0.15) is 37.9 Å². The minimum atomic E-state index is -3.93.